The molecule has 4 heteroatoms. The fourth-order valence-corrected chi connectivity index (χ4v) is 2.25. The van der Waals surface area contributed by atoms with Gasteiger partial charge in [-0.25, -0.2) is 4.98 Å². The van der Waals surface area contributed by atoms with Crippen molar-refractivity contribution in [3.05, 3.63) is 30.1 Å². The standard InChI is InChI=1S/C17H27N3O/c1-13(2)21-10-9-20-12-14(11-19-17(3,4)5)15-7-6-8-18-16(15)20/h6-8,12-13,19H,9-11H2,1-5H3. The zero-order chi connectivity index (χ0) is 15.5. The van der Waals surface area contributed by atoms with E-state index in [9.17, 15) is 0 Å². The van der Waals surface area contributed by atoms with E-state index in [0.29, 0.717) is 6.61 Å². The molecule has 0 unspecified atom stereocenters. The molecule has 2 aromatic rings. The first kappa shape index (κ1) is 16.0. The highest BCUT2D eigenvalue weighted by Crippen LogP contribution is 2.20. The van der Waals surface area contributed by atoms with E-state index in [0.717, 1.165) is 18.7 Å². The Morgan fingerprint density at radius 3 is 2.76 bits per heavy atom. The Morgan fingerprint density at radius 1 is 1.33 bits per heavy atom. The van der Waals surface area contributed by atoms with Crippen LogP contribution >= 0.6 is 0 Å². The number of aromatic nitrogens is 2. The Morgan fingerprint density at radius 2 is 2.10 bits per heavy atom. The lowest BCUT2D eigenvalue weighted by atomic mass is 10.1. The second kappa shape index (κ2) is 6.58. The molecule has 0 aliphatic carbocycles. The summed E-state index contributed by atoms with van der Waals surface area (Å²) in [5.74, 6) is 0. The summed E-state index contributed by atoms with van der Waals surface area (Å²) in [6.45, 7) is 13.1. The van der Waals surface area contributed by atoms with E-state index in [4.69, 9.17) is 4.74 Å². The van der Waals surface area contributed by atoms with Gasteiger partial charge in [-0.15, -0.1) is 0 Å². The molecule has 0 atom stereocenters. The molecule has 0 aliphatic rings. The van der Waals surface area contributed by atoms with E-state index in [1.807, 2.05) is 12.3 Å². The fourth-order valence-electron chi connectivity index (χ4n) is 2.25. The van der Waals surface area contributed by atoms with Crippen LogP contribution in [0.2, 0.25) is 0 Å². The number of hydrogen-bond donors (Lipinski definition) is 1. The lowest BCUT2D eigenvalue weighted by Crippen LogP contribution is -2.35. The Balaban J connectivity index is 2.18. The summed E-state index contributed by atoms with van der Waals surface area (Å²) in [5.41, 5.74) is 2.44. The zero-order valence-electron chi connectivity index (χ0n) is 13.8. The molecule has 0 aliphatic heterocycles. The molecule has 116 valence electrons. The van der Waals surface area contributed by atoms with E-state index >= 15 is 0 Å². The highest BCUT2D eigenvalue weighted by atomic mass is 16.5. The van der Waals surface area contributed by atoms with E-state index in [1.54, 1.807) is 0 Å². The maximum absolute atomic E-state index is 5.65. The van der Waals surface area contributed by atoms with E-state index in [2.05, 4.69) is 61.7 Å². The summed E-state index contributed by atoms with van der Waals surface area (Å²) in [4.78, 5) is 4.52. The van der Waals surface area contributed by atoms with Crippen LogP contribution in [0.4, 0.5) is 0 Å². The second-order valence-electron chi connectivity index (χ2n) is 6.75. The van der Waals surface area contributed by atoms with E-state index < -0.39 is 0 Å². The molecule has 2 heterocycles. The van der Waals surface area contributed by atoms with E-state index in [-0.39, 0.29) is 11.6 Å². The molecular weight excluding hydrogens is 262 g/mol. The number of hydrogen-bond acceptors (Lipinski definition) is 3. The van der Waals surface area contributed by atoms with Gasteiger partial charge in [-0.1, -0.05) is 0 Å². The van der Waals surface area contributed by atoms with Crippen molar-refractivity contribution in [2.75, 3.05) is 6.61 Å². The molecule has 2 rings (SSSR count). The minimum Gasteiger partial charge on any atom is -0.377 e. The van der Waals surface area contributed by atoms with Crippen molar-refractivity contribution in [3.8, 4) is 0 Å². The first-order valence-electron chi connectivity index (χ1n) is 7.66. The Hall–Kier alpha value is -1.39. The highest BCUT2D eigenvalue weighted by molar-refractivity contribution is 5.80. The van der Waals surface area contributed by atoms with Crippen LogP contribution < -0.4 is 5.32 Å². The van der Waals surface area contributed by atoms with Crippen molar-refractivity contribution in [3.63, 3.8) is 0 Å². The van der Waals surface area contributed by atoms with E-state index in [1.165, 1.54) is 10.9 Å². The summed E-state index contributed by atoms with van der Waals surface area (Å²) in [7, 11) is 0. The highest BCUT2D eigenvalue weighted by Gasteiger charge is 2.13. The summed E-state index contributed by atoms with van der Waals surface area (Å²) in [5, 5.41) is 4.77. The van der Waals surface area contributed by atoms with Crippen LogP contribution in [0.3, 0.4) is 0 Å². The van der Waals surface area contributed by atoms with Gasteiger partial charge in [0.05, 0.1) is 12.7 Å². The van der Waals surface area contributed by atoms with Crippen LogP contribution in [0.5, 0.6) is 0 Å². The third-order valence-corrected chi connectivity index (χ3v) is 3.31. The normalized spacial score (nSPS) is 12.5. The Bertz CT molecular complexity index is 581. The molecule has 21 heavy (non-hydrogen) atoms. The SMILES string of the molecule is CC(C)OCCn1cc(CNC(C)(C)C)c2cccnc21. The molecular formula is C17H27N3O. The number of pyridine rings is 1. The third kappa shape index (κ3) is 4.55. The molecule has 0 saturated heterocycles. The summed E-state index contributed by atoms with van der Waals surface area (Å²) < 4.78 is 7.85. The van der Waals surface area contributed by atoms with Gasteiger partial charge in [0.1, 0.15) is 5.65 Å². The number of nitrogens with zero attached hydrogens (tertiary/aromatic N) is 2. The Labute approximate surface area is 127 Å². The molecule has 0 aromatic carbocycles. The summed E-state index contributed by atoms with van der Waals surface area (Å²) in [6, 6.07) is 4.14. The largest absolute Gasteiger partial charge is 0.377 e. The fraction of sp³-hybridized carbons (Fsp3) is 0.588. The smallest absolute Gasteiger partial charge is 0.140 e. The molecule has 0 radical (unpaired) electrons. The Kier molecular flexibility index (Phi) is 5.01. The predicted molar refractivity (Wildman–Crippen MR) is 87.4 cm³/mol. The van der Waals surface area contributed by atoms with Crippen molar-refractivity contribution >= 4 is 11.0 Å². The molecule has 0 bridgehead atoms. The molecule has 4 nitrogen and oxygen atoms in total. The first-order valence-corrected chi connectivity index (χ1v) is 7.66. The van der Waals surface area contributed by atoms with Crippen molar-refractivity contribution < 1.29 is 4.74 Å². The molecule has 0 amide bonds. The quantitative estimate of drug-likeness (QED) is 0.886. The average molecular weight is 289 g/mol. The van der Waals surface area contributed by atoms with Gasteiger partial charge in [0.2, 0.25) is 0 Å². The monoisotopic (exact) mass is 289 g/mol. The first-order chi connectivity index (χ1) is 9.87. The van der Waals surface area contributed by atoms with Crippen LogP contribution in [-0.2, 0) is 17.8 Å². The van der Waals surface area contributed by atoms with Crippen molar-refractivity contribution in [2.24, 2.45) is 0 Å². The van der Waals surface area contributed by atoms with Gasteiger partial charge in [0.25, 0.3) is 0 Å². The molecule has 0 spiro atoms. The molecule has 1 N–H and O–H groups in total. The number of rotatable bonds is 6. The van der Waals surface area contributed by atoms with Crippen LogP contribution in [0.25, 0.3) is 11.0 Å². The van der Waals surface area contributed by atoms with Crippen LogP contribution in [-0.4, -0.2) is 27.8 Å². The van der Waals surface area contributed by atoms with Gasteiger partial charge < -0.3 is 14.6 Å². The molecule has 0 saturated carbocycles. The van der Waals surface area contributed by atoms with Gasteiger partial charge in [-0.05, 0) is 52.3 Å². The van der Waals surface area contributed by atoms with Crippen molar-refractivity contribution in [1.82, 2.24) is 14.9 Å². The van der Waals surface area contributed by atoms with Crippen LogP contribution in [0, 0.1) is 0 Å². The second-order valence-corrected chi connectivity index (χ2v) is 6.75. The molecule has 2 aromatic heterocycles. The number of nitrogens with one attached hydrogen (secondary N) is 1. The van der Waals surface area contributed by atoms with Gasteiger partial charge in [-0.2, -0.15) is 0 Å². The van der Waals surface area contributed by atoms with Gasteiger partial charge in [0.15, 0.2) is 0 Å². The zero-order valence-corrected chi connectivity index (χ0v) is 13.8. The van der Waals surface area contributed by atoms with Gasteiger partial charge in [-0.3, -0.25) is 0 Å². The van der Waals surface area contributed by atoms with Crippen molar-refractivity contribution in [1.29, 1.82) is 0 Å². The van der Waals surface area contributed by atoms with Crippen LogP contribution in [0.15, 0.2) is 24.5 Å². The minimum absolute atomic E-state index is 0.109. The van der Waals surface area contributed by atoms with Gasteiger partial charge >= 0.3 is 0 Å². The lowest BCUT2D eigenvalue weighted by molar-refractivity contribution is 0.0732. The van der Waals surface area contributed by atoms with Crippen LogP contribution in [0.1, 0.15) is 40.2 Å². The number of ether oxygens (including phenoxy) is 1. The average Bonchev–Trinajstić information content (AvgIpc) is 2.74. The summed E-state index contributed by atoms with van der Waals surface area (Å²) in [6.07, 6.45) is 4.31. The topological polar surface area (TPSA) is 39.1 Å². The predicted octanol–water partition coefficient (Wildman–Crippen LogP) is 3.35. The van der Waals surface area contributed by atoms with Gasteiger partial charge in [0, 0.05) is 36.4 Å². The van der Waals surface area contributed by atoms with Crippen molar-refractivity contribution in [2.45, 2.75) is 59.4 Å². The maximum atomic E-state index is 5.65. The minimum atomic E-state index is 0.109. The maximum Gasteiger partial charge on any atom is 0.140 e. The third-order valence-electron chi connectivity index (χ3n) is 3.31. The lowest BCUT2D eigenvalue weighted by Gasteiger charge is -2.20. The number of fused-ring (bicyclic) bond motifs is 1. The summed E-state index contributed by atoms with van der Waals surface area (Å²) >= 11 is 0. The molecule has 0 fully saturated rings.